The van der Waals surface area contributed by atoms with Crippen LogP contribution in [-0.4, -0.2) is 58.1 Å². The standard InChI is InChI=1S/C32H40O9/c1-5-18-37-21-22-39-30(33)17-11-25-10-16-28(29(23-25)36-4)41-32(35)26-12-14-27(15-13-26)38-19-8-6-7-9-20-40-31(34)24(2)3/h10-17,23H,2,5-9,18-22H2,1,3-4H3. The fraction of sp³-hybridized carbons (Fsp3) is 0.406. The number of rotatable bonds is 19. The minimum atomic E-state index is -0.542. The molecule has 41 heavy (non-hydrogen) atoms. The Morgan fingerprint density at radius 1 is 0.829 bits per heavy atom. The summed E-state index contributed by atoms with van der Waals surface area (Å²) < 4.78 is 32.1. The Kier molecular flexibility index (Phi) is 15.4. The van der Waals surface area contributed by atoms with Crippen LogP contribution in [0.15, 0.2) is 60.7 Å². The molecule has 0 radical (unpaired) electrons. The predicted octanol–water partition coefficient (Wildman–Crippen LogP) is 5.96. The van der Waals surface area contributed by atoms with E-state index in [1.807, 2.05) is 6.92 Å². The van der Waals surface area contributed by atoms with Gasteiger partial charge in [0.25, 0.3) is 0 Å². The molecule has 0 saturated carbocycles. The van der Waals surface area contributed by atoms with E-state index in [4.69, 9.17) is 28.4 Å². The highest BCUT2D eigenvalue weighted by molar-refractivity contribution is 5.91. The first-order valence-electron chi connectivity index (χ1n) is 13.7. The van der Waals surface area contributed by atoms with Crippen molar-refractivity contribution < 1.29 is 42.8 Å². The smallest absolute Gasteiger partial charge is 0.343 e. The summed E-state index contributed by atoms with van der Waals surface area (Å²) in [5.74, 6) is -0.135. The van der Waals surface area contributed by atoms with E-state index < -0.39 is 11.9 Å². The maximum atomic E-state index is 12.7. The third-order valence-electron chi connectivity index (χ3n) is 5.60. The molecule has 0 heterocycles. The molecule has 0 aromatic heterocycles. The average Bonchev–Trinajstić information content (AvgIpc) is 2.97. The summed E-state index contributed by atoms with van der Waals surface area (Å²) in [6.45, 7) is 9.29. The molecule has 0 N–H and O–H groups in total. The Balaban J connectivity index is 1.76. The van der Waals surface area contributed by atoms with Gasteiger partial charge in [0.2, 0.25) is 0 Å². The SMILES string of the molecule is C=C(C)C(=O)OCCCCCCOc1ccc(C(=O)Oc2ccc(C=CC(=O)OCCOCCC)cc2OC)cc1. The molecule has 9 nitrogen and oxygen atoms in total. The van der Waals surface area contributed by atoms with Crippen molar-refractivity contribution >= 4 is 24.0 Å². The van der Waals surface area contributed by atoms with Crippen LogP contribution in [0.5, 0.6) is 17.2 Å². The van der Waals surface area contributed by atoms with Crippen molar-refractivity contribution in [1.82, 2.24) is 0 Å². The molecular weight excluding hydrogens is 528 g/mol. The Morgan fingerprint density at radius 3 is 2.24 bits per heavy atom. The lowest BCUT2D eigenvalue weighted by molar-refractivity contribution is -0.140. The van der Waals surface area contributed by atoms with Crippen LogP contribution in [0.2, 0.25) is 0 Å². The predicted molar refractivity (Wildman–Crippen MR) is 155 cm³/mol. The molecule has 0 aliphatic heterocycles. The maximum Gasteiger partial charge on any atom is 0.343 e. The largest absolute Gasteiger partial charge is 0.494 e. The molecule has 0 aliphatic rings. The number of carbonyl (C=O) groups is 3. The lowest BCUT2D eigenvalue weighted by Gasteiger charge is -2.11. The number of esters is 3. The number of ether oxygens (including phenoxy) is 6. The van der Waals surface area contributed by atoms with Crippen molar-refractivity contribution in [2.75, 3.05) is 40.1 Å². The summed E-state index contributed by atoms with van der Waals surface area (Å²) in [6.07, 6.45) is 7.34. The molecule has 0 bridgehead atoms. The average molecular weight is 569 g/mol. The van der Waals surface area contributed by atoms with Crippen molar-refractivity contribution in [3.63, 3.8) is 0 Å². The van der Waals surface area contributed by atoms with Gasteiger partial charge < -0.3 is 28.4 Å². The molecule has 0 spiro atoms. The van der Waals surface area contributed by atoms with Gasteiger partial charge in [0.05, 0.1) is 32.5 Å². The van der Waals surface area contributed by atoms with Crippen molar-refractivity contribution in [3.8, 4) is 17.2 Å². The highest BCUT2D eigenvalue weighted by atomic mass is 16.6. The Hall–Kier alpha value is -4.11. The van der Waals surface area contributed by atoms with Gasteiger partial charge in [-0.3, -0.25) is 0 Å². The zero-order valence-corrected chi connectivity index (χ0v) is 24.1. The molecular formula is C32H40O9. The summed E-state index contributed by atoms with van der Waals surface area (Å²) in [7, 11) is 1.47. The highest BCUT2D eigenvalue weighted by Crippen LogP contribution is 2.29. The van der Waals surface area contributed by atoms with Crippen LogP contribution in [0.25, 0.3) is 6.08 Å². The molecule has 0 saturated heterocycles. The van der Waals surface area contributed by atoms with Crippen molar-refractivity contribution in [1.29, 1.82) is 0 Å². The summed E-state index contributed by atoms with van der Waals surface area (Å²) in [5.41, 5.74) is 1.44. The van der Waals surface area contributed by atoms with Gasteiger partial charge in [-0.2, -0.15) is 0 Å². The summed E-state index contributed by atoms with van der Waals surface area (Å²) in [5, 5.41) is 0. The van der Waals surface area contributed by atoms with Gasteiger partial charge in [0, 0.05) is 18.3 Å². The number of hydrogen-bond acceptors (Lipinski definition) is 9. The first-order chi connectivity index (χ1) is 19.8. The minimum absolute atomic E-state index is 0.187. The van der Waals surface area contributed by atoms with Crippen LogP contribution in [0.3, 0.4) is 0 Å². The van der Waals surface area contributed by atoms with Gasteiger partial charge in [0.1, 0.15) is 12.4 Å². The summed E-state index contributed by atoms with van der Waals surface area (Å²) in [4.78, 5) is 35.9. The molecule has 0 atom stereocenters. The zero-order chi connectivity index (χ0) is 29.9. The van der Waals surface area contributed by atoms with Crippen molar-refractivity contribution in [3.05, 3.63) is 71.8 Å². The molecule has 2 aromatic rings. The minimum Gasteiger partial charge on any atom is -0.494 e. The monoisotopic (exact) mass is 568 g/mol. The van der Waals surface area contributed by atoms with Crippen LogP contribution < -0.4 is 14.2 Å². The molecule has 0 amide bonds. The van der Waals surface area contributed by atoms with Gasteiger partial charge in [-0.05, 0) is 87.1 Å². The molecule has 9 heteroatoms. The molecule has 0 fully saturated rings. The van der Waals surface area contributed by atoms with E-state index in [-0.39, 0.29) is 18.3 Å². The van der Waals surface area contributed by atoms with Crippen LogP contribution in [0.4, 0.5) is 0 Å². The number of benzene rings is 2. The van der Waals surface area contributed by atoms with Crippen LogP contribution in [0.1, 0.15) is 61.9 Å². The van der Waals surface area contributed by atoms with Crippen LogP contribution in [0, 0.1) is 0 Å². The molecule has 2 rings (SSSR count). The van der Waals surface area contributed by atoms with E-state index in [0.29, 0.717) is 54.6 Å². The van der Waals surface area contributed by atoms with Gasteiger partial charge >= 0.3 is 17.9 Å². The van der Waals surface area contributed by atoms with E-state index >= 15 is 0 Å². The third-order valence-corrected chi connectivity index (χ3v) is 5.60. The molecule has 0 aliphatic carbocycles. The Bertz CT molecular complexity index is 1150. The fourth-order valence-electron chi connectivity index (χ4n) is 3.41. The first kappa shape index (κ1) is 33.1. The van der Waals surface area contributed by atoms with E-state index in [9.17, 15) is 14.4 Å². The fourth-order valence-corrected chi connectivity index (χ4v) is 3.41. The number of methoxy groups -OCH3 is 1. The van der Waals surface area contributed by atoms with Gasteiger partial charge in [-0.1, -0.05) is 19.6 Å². The quantitative estimate of drug-likeness (QED) is 0.0879. The van der Waals surface area contributed by atoms with E-state index in [1.165, 1.54) is 13.2 Å². The van der Waals surface area contributed by atoms with Crippen molar-refractivity contribution in [2.24, 2.45) is 0 Å². The van der Waals surface area contributed by atoms with Crippen LogP contribution in [-0.2, 0) is 23.8 Å². The second kappa shape index (κ2) is 19.0. The molecule has 2 aromatic carbocycles. The summed E-state index contributed by atoms with van der Waals surface area (Å²) in [6, 6.07) is 11.7. The Morgan fingerprint density at radius 2 is 1.56 bits per heavy atom. The second-order valence-electron chi connectivity index (χ2n) is 9.12. The van der Waals surface area contributed by atoms with E-state index in [1.54, 1.807) is 55.5 Å². The number of hydrogen-bond donors (Lipinski definition) is 0. The van der Waals surface area contributed by atoms with E-state index in [2.05, 4.69) is 6.58 Å². The third kappa shape index (κ3) is 13.2. The first-order valence-corrected chi connectivity index (χ1v) is 13.7. The van der Waals surface area contributed by atoms with E-state index in [0.717, 1.165) is 32.1 Å². The highest BCUT2D eigenvalue weighted by Gasteiger charge is 2.13. The number of unbranched alkanes of at least 4 members (excludes halogenated alkanes) is 3. The normalized spacial score (nSPS) is 10.7. The van der Waals surface area contributed by atoms with Crippen molar-refractivity contribution in [2.45, 2.75) is 46.0 Å². The van der Waals surface area contributed by atoms with Gasteiger partial charge in [-0.25, -0.2) is 14.4 Å². The molecule has 222 valence electrons. The second-order valence-corrected chi connectivity index (χ2v) is 9.12. The lowest BCUT2D eigenvalue weighted by Crippen LogP contribution is -2.09. The zero-order valence-electron chi connectivity index (χ0n) is 24.1. The summed E-state index contributed by atoms with van der Waals surface area (Å²) >= 11 is 0. The van der Waals surface area contributed by atoms with Crippen LogP contribution >= 0.6 is 0 Å². The van der Waals surface area contributed by atoms with Gasteiger partial charge in [-0.15, -0.1) is 0 Å². The van der Waals surface area contributed by atoms with Gasteiger partial charge in [0.15, 0.2) is 11.5 Å². The molecule has 0 unspecified atom stereocenters. The Labute approximate surface area is 242 Å². The lowest BCUT2D eigenvalue weighted by atomic mass is 10.2. The maximum absolute atomic E-state index is 12.7. The topological polar surface area (TPSA) is 107 Å². The number of carbonyl (C=O) groups excluding carboxylic acids is 3.